The van der Waals surface area contributed by atoms with Gasteiger partial charge in [0.15, 0.2) is 0 Å². The van der Waals surface area contributed by atoms with E-state index in [1.54, 1.807) is 24.5 Å². The molecular formula is C23H18N4O3S. The quantitative estimate of drug-likeness (QED) is 0.460. The molecule has 1 heterocycles. The standard InChI is InChI=1S/C23H18N4O3S/c1-2-14-25-31(29,30)20-7-5-6-17(15-20)23(28)26-18-10-12-19(13-11-18)27-16-24-21-8-3-4-9-22(21)27/h1,3-13,15-16,25H,14H2,(H,26,28). The SMILES string of the molecule is C#CCNS(=O)(=O)c1cccc(C(=O)Nc2ccc(-n3cnc4ccccc43)cc2)c1. The fraction of sp³-hybridized carbons (Fsp3) is 0.0435. The summed E-state index contributed by atoms with van der Waals surface area (Å²) in [6.07, 6.45) is 6.85. The second-order valence-electron chi connectivity index (χ2n) is 6.66. The summed E-state index contributed by atoms with van der Waals surface area (Å²) in [6.45, 7) is -0.128. The molecule has 8 heteroatoms. The van der Waals surface area contributed by atoms with Crippen LogP contribution < -0.4 is 10.0 Å². The van der Waals surface area contributed by atoms with Crippen LogP contribution in [0.3, 0.4) is 0 Å². The van der Waals surface area contributed by atoms with E-state index >= 15 is 0 Å². The number of imidazole rings is 1. The molecule has 0 spiro atoms. The van der Waals surface area contributed by atoms with Crippen LogP contribution in [-0.4, -0.2) is 30.4 Å². The van der Waals surface area contributed by atoms with E-state index < -0.39 is 15.9 Å². The lowest BCUT2D eigenvalue weighted by Crippen LogP contribution is -2.24. The minimum Gasteiger partial charge on any atom is -0.322 e. The molecule has 31 heavy (non-hydrogen) atoms. The molecule has 4 rings (SSSR count). The number of nitrogens with one attached hydrogen (secondary N) is 2. The number of hydrogen-bond donors (Lipinski definition) is 2. The Morgan fingerprint density at radius 2 is 1.81 bits per heavy atom. The predicted molar refractivity (Wildman–Crippen MR) is 119 cm³/mol. The van der Waals surface area contributed by atoms with E-state index in [1.807, 2.05) is 41.0 Å². The molecule has 1 aromatic heterocycles. The lowest BCUT2D eigenvalue weighted by molar-refractivity contribution is 0.102. The van der Waals surface area contributed by atoms with Crippen molar-refractivity contribution < 1.29 is 13.2 Å². The Morgan fingerprint density at radius 1 is 1.03 bits per heavy atom. The number of terminal acetylenes is 1. The molecule has 4 aromatic rings. The van der Waals surface area contributed by atoms with Gasteiger partial charge in [0, 0.05) is 16.9 Å². The van der Waals surface area contributed by atoms with Crippen LogP contribution in [0.4, 0.5) is 5.69 Å². The lowest BCUT2D eigenvalue weighted by Gasteiger charge is -2.09. The number of carbonyl (C=O) groups excluding carboxylic acids is 1. The number of amides is 1. The van der Waals surface area contributed by atoms with E-state index in [0.29, 0.717) is 5.69 Å². The maximum Gasteiger partial charge on any atom is 0.255 e. The Labute approximate surface area is 179 Å². The second kappa shape index (κ2) is 8.44. The third-order valence-electron chi connectivity index (χ3n) is 4.63. The van der Waals surface area contributed by atoms with E-state index in [1.165, 1.54) is 18.2 Å². The zero-order valence-electron chi connectivity index (χ0n) is 16.3. The molecule has 0 radical (unpaired) electrons. The smallest absolute Gasteiger partial charge is 0.255 e. The minimum absolute atomic E-state index is 0.0299. The van der Waals surface area contributed by atoms with Crippen molar-refractivity contribution in [3.05, 3.63) is 84.7 Å². The molecule has 0 aliphatic rings. The molecule has 0 unspecified atom stereocenters. The molecule has 3 aromatic carbocycles. The fourth-order valence-electron chi connectivity index (χ4n) is 3.10. The van der Waals surface area contributed by atoms with E-state index in [2.05, 4.69) is 20.9 Å². The van der Waals surface area contributed by atoms with Gasteiger partial charge in [0.1, 0.15) is 6.33 Å². The van der Waals surface area contributed by atoms with Crippen LogP contribution >= 0.6 is 0 Å². The number of hydrogen-bond acceptors (Lipinski definition) is 4. The lowest BCUT2D eigenvalue weighted by atomic mass is 10.2. The summed E-state index contributed by atoms with van der Waals surface area (Å²) in [5.41, 5.74) is 3.58. The van der Waals surface area contributed by atoms with Crippen molar-refractivity contribution in [2.75, 3.05) is 11.9 Å². The molecule has 0 saturated carbocycles. The van der Waals surface area contributed by atoms with Gasteiger partial charge in [-0.15, -0.1) is 6.42 Å². The van der Waals surface area contributed by atoms with Crippen molar-refractivity contribution in [3.8, 4) is 18.0 Å². The van der Waals surface area contributed by atoms with Crippen molar-refractivity contribution in [2.45, 2.75) is 4.90 Å². The maximum absolute atomic E-state index is 12.6. The predicted octanol–water partition coefficient (Wildman–Crippen LogP) is 3.19. The topological polar surface area (TPSA) is 93.1 Å². The monoisotopic (exact) mass is 430 g/mol. The first-order valence-corrected chi connectivity index (χ1v) is 10.8. The van der Waals surface area contributed by atoms with E-state index in [4.69, 9.17) is 6.42 Å². The number of rotatable bonds is 6. The van der Waals surface area contributed by atoms with Gasteiger partial charge < -0.3 is 5.32 Å². The molecule has 0 saturated heterocycles. The number of benzene rings is 3. The van der Waals surface area contributed by atoms with Crippen molar-refractivity contribution in [2.24, 2.45) is 0 Å². The summed E-state index contributed by atoms with van der Waals surface area (Å²) in [6, 6.07) is 20.9. The van der Waals surface area contributed by atoms with Crippen molar-refractivity contribution in [1.82, 2.24) is 14.3 Å². The summed E-state index contributed by atoms with van der Waals surface area (Å²) < 4.78 is 28.7. The molecule has 1 amide bonds. The average molecular weight is 430 g/mol. The Hall–Kier alpha value is -3.93. The van der Waals surface area contributed by atoms with Gasteiger partial charge in [-0.2, -0.15) is 4.72 Å². The molecule has 7 nitrogen and oxygen atoms in total. The Balaban J connectivity index is 1.52. The van der Waals surface area contributed by atoms with Crippen molar-refractivity contribution in [3.63, 3.8) is 0 Å². The van der Waals surface area contributed by atoms with Gasteiger partial charge in [-0.1, -0.05) is 24.1 Å². The fourth-order valence-corrected chi connectivity index (χ4v) is 4.08. The zero-order valence-corrected chi connectivity index (χ0v) is 17.1. The molecule has 0 atom stereocenters. The maximum atomic E-state index is 12.6. The number of nitrogens with zero attached hydrogens (tertiary/aromatic N) is 2. The Kier molecular flexibility index (Phi) is 5.54. The Bertz CT molecular complexity index is 1400. The highest BCUT2D eigenvalue weighted by molar-refractivity contribution is 7.89. The van der Waals surface area contributed by atoms with Gasteiger partial charge in [0.25, 0.3) is 5.91 Å². The number of anilines is 1. The molecule has 0 aliphatic carbocycles. The third kappa shape index (κ3) is 4.33. The van der Waals surface area contributed by atoms with E-state index in [-0.39, 0.29) is 17.0 Å². The van der Waals surface area contributed by atoms with Gasteiger partial charge in [0.2, 0.25) is 10.0 Å². The third-order valence-corrected chi connectivity index (χ3v) is 6.03. The van der Waals surface area contributed by atoms with Gasteiger partial charge >= 0.3 is 0 Å². The summed E-state index contributed by atoms with van der Waals surface area (Å²) in [5, 5.41) is 2.78. The summed E-state index contributed by atoms with van der Waals surface area (Å²) >= 11 is 0. The van der Waals surface area contributed by atoms with Gasteiger partial charge in [-0.3, -0.25) is 9.36 Å². The first-order valence-electron chi connectivity index (χ1n) is 9.35. The average Bonchev–Trinajstić information content (AvgIpc) is 3.22. The number of para-hydroxylation sites is 2. The molecule has 0 aliphatic heterocycles. The van der Waals surface area contributed by atoms with Crippen LogP contribution in [0.25, 0.3) is 16.7 Å². The van der Waals surface area contributed by atoms with Gasteiger partial charge in [0.05, 0.1) is 22.5 Å². The van der Waals surface area contributed by atoms with E-state index in [0.717, 1.165) is 16.7 Å². The highest BCUT2D eigenvalue weighted by Crippen LogP contribution is 2.20. The largest absolute Gasteiger partial charge is 0.322 e. The van der Waals surface area contributed by atoms with Crippen molar-refractivity contribution in [1.29, 1.82) is 0 Å². The number of sulfonamides is 1. The van der Waals surface area contributed by atoms with Gasteiger partial charge in [-0.05, 0) is 54.6 Å². The van der Waals surface area contributed by atoms with E-state index in [9.17, 15) is 13.2 Å². The minimum atomic E-state index is -3.78. The number of aromatic nitrogens is 2. The van der Waals surface area contributed by atoms with Crippen LogP contribution in [0.5, 0.6) is 0 Å². The second-order valence-corrected chi connectivity index (χ2v) is 8.43. The molecule has 2 N–H and O–H groups in total. The zero-order chi connectivity index (χ0) is 21.8. The first-order chi connectivity index (χ1) is 15.0. The number of carbonyl (C=O) groups is 1. The first kappa shape index (κ1) is 20.3. The van der Waals surface area contributed by atoms with Crippen LogP contribution in [0.2, 0.25) is 0 Å². The molecule has 154 valence electrons. The molecule has 0 bridgehead atoms. The molecule has 0 fully saturated rings. The van der Waals surface area contributed by atoms with Crippen LogP contribution in [-0.2, 0) is 10.0 Å². The highest BCUT2D eigenvalue weighted by atomic mass is 32.2. The molecular weight excluding hydrogens is 412 g/mol. The van der Waals surface area contributed by atoms with Crippen molar-refractivity contribution >= 4 is 32.7 Å². The summed E-state index contributed by atoms with van der Waals surface area (Å²) in [5.74, 6) is 1.79. The van der Waals surface area contributed by atoms with Crippen LogP contribution in [0, 0.1) is 12.3 Å². The van der Waals surface area contributed by atoms with Crippen LogP contribution in [0.1, 0.15) is 10.4 Å². The normalized spacial score (nSPS) is 11.2. The highest BCUT2D eigenvalue weighted by Gasteiger charge is 2.16. The number of fused-ring (bicyclic) bond motifs is 1. The Morgan fingerprint density at radius 3 is 2.58 bits per heavy atom. The summed E-state index contributed by atoms with van der Waals surface area (Å²) in [7, 11) is -3.78. The summed E-state index contributed by atoms with van der Waals surface area (Å²) in [4.78, 5) is 17.0. The van der Waals surface area contributed by atoms with Crippen LogP contribution in [0.15, 0.2) is 84.0 Å². The van der Waals surface area contributed by atoms with Gasteiger partial charge in [-0.25, -0.2) is 13.4 Å².